The average Bonchev–Trinajstić information content (AvgIpc) is 3.25. The summed E-state index contributed by atoms with van der Waals surface area (Å²) in [7, 11) is 1.66. The lowest BCUT2D eigenvalue weighted by Gasteiger charge is -2.25. The van der Waals surface area contributed by atoms with Crippen molar-refractivity contribution in [3.8, 4) is 5.88 Å². The van der Waals surface area contributed by atoms with E-state index >= 15 is 0 Å². The van der Waals surface area contributed by atoms with Gasteiger partial charge in [-0.05, 0) is 37.9 Å². The van der Waals surface area contributed by atoms with Crippen molar-refractivity contribution in [1.82, 2.24) is 14.9 Å². The lowest BCUT2D eigenvalue weighted by molar-refractivity contribution is 0.248. The zero-order chi connectivity index (χ0) is 15.8. The molecule has 5 nitrogen and oxygen atoms in total. The van der Waals surface area contributed by atoms with Crippen LogP contribution in [0.3, 0.4) is 0 Å². The number of hydrogen-bond acceptors (Lipinski definition) is 6. The maximum absolute atomic E-state index is 5.38. The molecule has 0 amide bonds. The number of thiophene rings is 1. The molecule has 4 rings (SSSR count). The molecule has 0 spiro atoms. The van der Waals surface area contributed by atoms with Crippen molar-refractivity contribution in [2.24, 2.45) is 5.92 Å². The minimum Gasteiger partial charge on any atom is -0.478 e. The van der Waals surface area contributed by atoms with E-state index in [2.05, 4.69) is 38.8 Å². The Kier molecular flexibility index (Phi) is 3.95. The number of nitrogens with zero attached hydrogens (tertiary/aromatic N) is 4. The Bertz CT molecular complexity index is 689. The van der Waals surface area contributed by atoms with Gasteiger partial charge in [-0.1, -0.05) is 0 Å². The first kappa shape index (κ1) is 14.9. The Hall–Kier alpha value is -1.66. The van der Waals surface area contributed by atoms with Crippen LogP contribution in [-0.2, 0) is 6.54 Å². The molecule has 23 heavy (non-hydrogen) atoms. The minimum atomic E-state index is 0.615. The van der Waals surface area contributed by atoms with Crippen LogP contribution in [0.4, 0.5) is 5.82 Å². The number of likely N-dealkylation sites (tertiary alicyclic amines) is 1. The molecule has 122 valence electrons. The van der Waals surface area contributed by atoms with Crippen molar-refractivity contribution in [3.63, 3.8) is 0 Å². The van der Waals surface area contributed by atoms with E-state index in [0.717, 1.165) is 31.4 Å². The fourth-order valence-corrected chi connectivity index (χ4v) is 4.78. The molecule has 0 N–H and O–H groups in total. The number of aromatic nitrogens is 2. The van der Waals surface area contributed by atoms with Gasteiger partial charge in [-0.25, -0.2) is 9.97 Å². The maximum Gasteiger partial charge on any atom is 0.257 e. The smallest absolute Gasteiger partial charge is 0.257 e. The number of aryl methyl sites for hydroxylation is 1. The quantitative estimate of drug-likeness (QED) is 0.862. The van der Waals surface area contributed by atoms with Gasteiger partial charge in [-0.15, -0.1) is 11.3 Å². The Morgan fingerprint density at radius 1 is 1.26 bits per heavy atom. The first-order valence-corrected chi connectivity index (χ1v) is 8.95. The van der Waals surface area contributed by atoms with Crippen molar-refractivity contribution in [1.29, 1.82) is 0 Å². The number of fused-ring (bicyclic) bond motifs is 1. The predicted octanol–water partition coefficient (Wildman–Crippen LogP) is 2.57. The maximum atomic E-state index is 5.38. The normalized spacial score (nSPS) is 24.2. The Balaban J connectivity index is 1.48. The average molecular weight is 330 g/mol. The monoisotopic (exact) mass is 330 g/mol. The van der Waals surface area contributed by atoms with E-state index in [1.54, 1.807) is 19.5 Å². The van der Waals surface area contributed by atoms with Crippen LogP contribution >= 0.6 is 11.3 Å². The Morgan fingerprint density at radius 2 is 2.13 bits per heavy atom. The van der Waals surface area contributed by atoms with Gasteiger partial charge in [0.25, 0.3) is 5.88 Å². The third kappa shape index (κ3) is 2.81. The van der Waals surface area contributed by atoms with Crippen molar-refractivity contribution < 1.29 is 4.74 Å². The summed E-state index contributed by atoms with van der Waals surface area (Å²) in [5.74, 6) is 2.24. The Morgan fingerprint density at radius 3 is 2.91 bits per heavy atom. The summed E-state index contributed by atoms with van der Waals surface area (Å²) in [4.78, 5) is 16.6. The predicted molar refractivity (Wildman–Crippen MR) is 92.2 cm³/mol. The molecule has 2 aromatic rings. The third-order valence-electron chi connectivity index (χ3n) is 4.96. The highest BCUT2D eigenvalue weighted by atomic mass is 32.1. The van der Waals surface area contributed by atoms with Crippen molar-refractivity contribution in [2.75, 3.05) is 31.6 Å². The van der Waals surface area contributed by atoms with Gasteiger partial charge in [-0.3, -0.25) is 4.90 Å². The van der Waals surface area contributed by atoms with E-state index in [1.165, 1.54) is 22.7 Å². The van der Waals surface area contributed by atoms with Crippen LogP contribution in [0.2, 0.25) is 0 Å². The first-order valence-electron chi connectivity index (χ1n) is 8.14. The lowest BCUT2D eigenvalue weighted by atomic mass is 10.1. The molecule has 0 bridgehead atoms. The van der Waals surface area contributed by atoms with Crippen LogP contribution in [0.15, 0.2) is 24.5 Å². The molecule has 0 unspecified atom stereocenters. The van der Waals surface area contributed by atoms with Crippen molar-refractivity contribution in [2.45, 2.75) is 25.9 Å². The minimum absolute atomic E-state index is 0.615. The summed E-state index contributed by atoms with van der Waals surface area (Å²) in [6.07, 6.45) is 4.71. The SMILES string of the molecule is COc1nccnc1N1C[C@@H]2CCN(Cc3ccc(C)s3)[C@@H]2C1. The molecule has 2 aliphatic heterocycles. The van der Waals surface area contributed by atoms with Gasteiger partial charge in [-0.2, -0.15) is 0 Å². The van der Waals surface area contributed by atoms with Crippen LogP contribution in [0, 0.1) is 12.8 Å². The molecule has 0 saturated carbocycles. The largest absolute Gasteiger partial charge is 0.478 e. The van der Waals surface area contributed by atoms with E-state index in [1.807, 2.05) is 11.3 Å². The number of rotatable bonds is 4. The molecule has 6 heteroatoms. The van der Waals surface area contributed by atoms with E-state index in [-0.39, 0.29) is 0 Å². The van der Waals surface area contributed by atoms with Crippen LogP contribution < -0.4 is 9.64 Å². The molecule has 2 atom stereocenters. The Labute approximate surface area is 140 Å². The fourth-order valence-electron chi connectivity index (χ4n) is 3.87. The molecular weight excluding hydrogens is 308 g/mol. The summed E-state index contributed by atoms with van der Waals surface area (Å²) < 4.78 is 5.38. The second kappa shape index (κ2) is 6.09. The fraction of sp³-hybridized carbons (Fsp3) is 0.529. The molecule has 0 radical (unpaired) electrons. The van der Waals surface area contributed by atoms with Crippen LogP contribution in [0.1, 0.15) is 16.2 Å². The molecule has 0 aliphatic carbocycles. The zero-order valence-corrected chi connectivity index (χ0v) is 14.4. The van der Waals surface area contributed by atoms with Gasteiger partial charge in [0.15, 0.2) is 5.82 Å². The summed E-state index contributed by atoms with van der Waals surface area (Å²) in [6.45, 7) is 6.53. The van der Waals surface area contributed by atoms with E-state index in [9.17, 15) is 0 Å². The second-order valence-corrected chi connectivity index (χ2v) is 7.77. The van der Waals surface area contributed by atoms with E-state index < -0.39 is 0 Å². The molecule has 2 fully saturated rings. The highest BCUT2D eigenvalue weighted by Gasteiger charge is 2.42. The summed E-state index contributed by atoms with van der Waals surface area (Å²) in [6, 6.07) is 5.11. The van der Waals surface area contributed by atoms with Gasteiger partial charge in [0, 0.05) is 47.8 Å². The first-order chi connectivity index (χ1) is 11.2. The molecule has 0 aromatic carbocycles. The second-order valence-electron chi connectivity index (χ2n) is 6.39. The van der Waals surface area contributed by atoms with Crippen LogP contribution in [-0.4, -0.2) is 47.7 Å². The summed E-state index contributed by atoms with van der Waals surface area (Å²) >= 11 is 1.91. The number of ether oxygens (including phenoxy) is 1. The van der Waals surface area contributed by atoms with Gasteiger partial charge >= 0.3 is 0 Å². The summed E-state index contributed by atoms with van der Waals surface area (Å²) in [5.41, 5.74) is 0. The summed E-state index contributed by atoms with van der Waals surface area (Å²) in [5, 5.41) is 0. The number of anilines is 1. The topological polar surface area (TPSA) is 41.5 Å². The molecule has 4 heterocycles. The highest BCUT2D eigenvalue weighted by Crippen LogP contribution is 2.36. The molecule has 2 saturated heterocycles. The standard InChI is InChI=1S/C17H22N4OS/c1-12-3-4-14(23-12)10-20-8-5-13-9-21(11-15(13)20)16-17(22-2)19-7-6-18-16/h3-4,6-7,13,15H,5,8-11H2,1-2H3/t13-,15+/m0/s1. The molecule has 2 aliphatic rings. The van der Waals surface area contributed by atoms with Gasteiger partial charge < -0.3 is 9.64 Å². The van der Waals surface area contributed by atoms with Gasteiger partial charge in [0.05, 0.1) is 7.11 Å². The van der Waals surface area contributed by atoms with E-state index in [0.29, 0.717) is 11.9 Å². The zero-order valence-electron chi connectivity index (χ0n) is 13.6. The van der Waals surface area contributed by atoms with Crippen LogP contribution in [0.5, 0.6) is 5.88 Å². The number of hydrogen-bond donors (Lipinski definition) is 0. The molecular formula is C17H22N4OS. The third-order valence-corrected chi connectivity index (χ3v) is 5.94. The van der Waals surface area contributed by atoms with Gasteiger partial charge in [0.2, 0.25) is 0 Å². The highest BCUT2D eigenvalue weighted by molar-refractivity contribution is 7.11. The van der Waals surface area contributed by atoms with Gasteiger partial charge in [0.1, 0.15) is 0 Å². The van der Waals surface area contributed by atoms with Crippen molar-refractivity contribution >= 4 is 17.2 Å². The van der Waals surface area contributed by atoms with Crippen molar-refractivity contribution in [3.05, 3.63) is 34.3 Å². The van der Waals surface area contributed by atoms with Crippen LogP contribution in [0.25, 0.3) is 0 Å². The number of methoxy groups -OCH3 is 1. The molecule has 2 aromatic heterocycles. The van der Waals surface area contributed by atoms with E-state index in [4.69, 9.17) is 4.74 Å². The lowest BCUT2D eigenvalue weighted by Crippen LogP contribution is -2.34.